The molecule has 11 heavy (non-hydrogen) atoms. The van der Waals surface area contributed by atoms with E-state index >= 15 is 0 Å². The molecule has 0 bridgehead atoms. The molecule has 1 aromatic rings. The Labute approximate surface area is 72.2 Å². The van der Waals surface area contributed by atoms with E-state index in [0.29, 0.717) is 0 Å². The number of hydrogen-bond acceptors (Lipinski definition) is 1. The van der Waals surface area contributed by atoms with Crippen LogP contribution in [0.3, 0.4) is 0 Å². The zero-order valence-corrected chi connectivity index (χ0v) is 8.62. The van der Waals surface area contributed by atoms with Crippen molar-refractivity contribution >= 4 is 11.8 Å². The van der Waals surface area contributed by atoms with E-state index in [1.165, 1.54) is 16.5 Å². The summed E-state index contributed by atoms with van der Waals surface area (Å²) < 4.78 is 4.44. The minimum atomic E-state index is 1.31. The van der Waals surface area contributed by atoms with Gasteiger partial charge in [0.15, 0.2) is 0 Å². The van der Waals surface area contributed by atoms with Gasteiger partial charge in [-0.05, 0) is 18.0 Å². The highest BCUT2D eigenvalue weighted by atomic mass is 32.2. The van der Waals surface area contributed by atoms with Gasteiger partial charge in [0.2, 0.25) is 0 Å². The summed E-state index contributed by atoms with van der Waals surface area (Å²) in [6.07, 6.45) is 2.11. The lowest BCUT2D eigenvalue weighted by molar-refractivity contribution is -0.715. The van der Waals surface area contributed by atoms with Crippen LogP contribution in [0.4, 0.5) is 0 Å². The van der Waals surface area contributed by atoms with Crippen LogP contribution in [0.1, 0.15) is 11.4 Å². The average Bonchev–Trinajstić information content (AvgIpc) is 2.17. The van der Waals surface area contributed by atoms with Crippen molar-refractivity contribution in [2.75, 3.05) is 6.26 Å². The molecule has 0 amide bonds. The smallest absolute Gasteiger partial charge is 0.224 e. The van der Waals surface area contributed by atoms with Crippen molar-refractivity contribution in [2.45, 2.75) is 19.0 Å². The normalized spacial score (nSPS) is 10.6. The van der Waals surface area contributed by atoms with Crippen molar-refractivity contribution in [3.05, 3.63) is 11.4 Å². The second kappa shape index (κ2) is 2.89. The van der Waals surface area contributed by atoms with Gasteiger partial charge in [0.25, 0.3) is 0 Å². The number of rotatable bonds is 1. The molecule has 1 aromatic heterocycles. The van der Waals surface area contributed by atoms with Crippen molar-refractivity contribution in [3.63, 3.8) is 0 Å². The number of nitrogens with zero attached hydrogens (tertiary/aromatic N) is 2. The minimum absolute atomic E-state index is 1.31. The van der Waals surface area contributed by atoms with Gasteiger partial charge in [0.1, 0.15) is 11.4 Å². The van der Waals surface area contributed by atoms with Gasteiger partial charge in [-0.15, -0.1) is 0 Å². The molecule has 0 N–H and O–H groups in total. The molecule has 0 unspecified atom stereocenters. The number of hydrogen-bond donors (Lipinski definition) is 0. The van der Waals surface area contributed by atoms with Gasteiger partial charge in [-0.1, -0.05) is 0 Å². The maximum Gasteiger partial charge on any atom is 0.317 e. The molecule has 0 aliphatic heterocycles. The van der Waals surface area contributed by atoms with E-state index in [1.54, 1.807) is 11.8 Å². The van der Waals surface area contributed by atoms with Crippen LogP contribution in [0.5, 0.6) is 0 Å². The Morgan fingerprint density at radius 1 is 1.36 bits per heavy atom. The van der Waals surface area contributed by atoms with Crippen molar-refractivity contribution in [2.24, 2.45) is 14.1 Å². The molecule has 0 spiro atoms. The van der Waals surface area contributed by atoms with Crippen molar-refractivity contribution in [1.29, 1.82) is 0 Å². The minimum Gasteiger partial charge on any atom is -0.224 e. The van der Waals surface area contributed by atoms with Crippen molar-refractivity contribution in [3.8, 4) is 0 Å². The zero-order valence-electron chi connectivity index (χ0n) is 7.80. The van der Waals surface area contributed by atoms with Crippen LogP contribution < -0.4 is 4.57 Å². The van der Waals surface area contributed by atoms with Crippen LogP contribution in [-0.4, -0.2) is 10.8 Å². The molecule has 0 aliphatic carbocycles. The number of aromatic nitrogens is 2. The van der Waals surface area contributed by atoms with E-state index in [0.717, 1.165) is 0 Å². The quantitative estimate of drug-likeness (QED) is 0.455. The fourth-order valence-electron chi connectivity index (χ4n) is 1.27. The second-order valence-corrected chi connectivity index (χ2v) is 3.55. The molecule has 0 atom stereocenters. The Balaban J connectivity index is 3.36. The van der Waals surface area contributed by atoms with E-state index in [1.807, 2.05) is 0 Å². The lowest BCUT2D eigenvalue weighted by atomic mass is 10.4. The molecule has 0 fully saturated rings. The summed E-state index contributed by atoms with van der Waals surface area (Å²) in [5.74, 6) is 0. The first-order chi connectivity index (χ1) is 5.09. The highest BCUT2D eigenvalue weighted by Crippen LogP contribution is 2.13. The lowest BCUT2D eigenvalue weighted by Gasteiger charge is -1.91. The van der Waals surface area contributed by atoms with Crippen LogP contribution in [-0.2, 0) is 14.1 Å². The molecule has 0 saturated heterocycles. The first-order valence-corrected chi connectivity index (χ1v) is 4.88. The third-order valence-electron chi connectivity index (χ3n) is 2.29. The number of imidazole rings is 1. The molecule has 62 valence electrons. The highest BCUT2D eigenvalue weighted by molar-refractivity contribution is 7.98. The van der Waals surface area contributed by atoms with Gasteiger partial charge < -0.3 is 0 Å². The predicted octanol–water partition coefficient (Wildman–Crippen LogP) is 1.19. The topological polar surface area (TPSA) is 8.81 Å². The summed E-state index contributed by atoms with van der Waals surface area (Å²) in [6, 6.07) is 0. The summed E-state index contributed by atoms with van der Waals surface area (Å²) in [5, 5.41) is 1.31. The SMILES string of the molecule is CSc1n(C)c(C)c(C)[n+]1C. The third-order valence-corrected chi connectivity index (χ3v) is 3.20. The standard InChI is InChI=1S/C8H15N2S/c1-6-7(2)10(4)8(11-5)9(6)3/h1-5H3/q+1. The molecule has 1 heterocycles. The van der Waals surface area contributed by atoms with Crippen LogP contribution in [0.25, 0.3) is 0 Å². The molecular formula is C8H15N2S+. The van der Waals surface area contributed by atoms with Crippen LogP contribution in [0.2, 0.25) is 0 Å². The monoisotopic (exact) mass is 171 g/mol. The highest BCUT2D eigenvalue weighted by Gasteiger charge is 2.18. The van der Waals surface area contributed by atoms with Gasteiger partial charge in [-0.3, -0.25) is 0 Å². The molecular weight excluding hydrogens is 156 g/mol. The summed E-state index contributed by atoms with van der Waals surface area (Å²) in [7, 11) is 4.21. The van der Waals surface area contributed by atoms with Gasteiger partial charge in [0, 0.05) is 13.8 Å². The maximum absolute atomic E-state index is 2.22. The van der Waals surface area contributed by atoms with Crippen LogP contribution in [0, 0.1) is 13.8 Å². The van der Waals surface area contributed by atoms with Crippen LogP contribution >= 0.6 is 11.8 Å². The fraction of sp³-hybridized carbons (Fsp3) is 0.625. The Morgan fingerprint density at radius 3 is 2.09 bits per heavy atom. The van der Waals surface area contributed by atoms with Crippen molar-refractivity contribution in [1.82, 2.24) is 4.57 Å². The Kier molecular flexibility index (Phi) is 2.28. The van der Waals surface area contributed by atoms with E-state index in [9.17, 15) is 0 Å². The van der Waals surface area contributed by atoms with Gasteiger partial charge in [-0.2, -0.15) is 0 Å². The largest absolute Gasteiger partial charge is 0.317 e. The molecule has 0 aliphatic rings. The second-order valence-electron chi connectivity index (χ2n) is 2.78. The molecule has 1 rings (SSSR count). The molecule has 0 saturated carbocycles. The average molecular weight is 171 g/mol. The van der Waals surface area contributed by atoms with E-state index in [4.69, 9.17) is 0 Å². The molecule has 2 nitrogen and oxygen atoms in total. The lowest BCUT2D eigenvalue weighted by Crippen LogP contribution is -2.32. The first kappa shape index (κ1) is 8.65. The predicted molar refractivity (Wildman–Crippen MR) is 47.8 cm³/mol. The Bertz CT molecular complexity index is 251. The van der Waals surface area contributed by atoms with E-state index < -0.39 is 0 Å². The van der Waals surface area contributed by atoms with Gasteiger partial charge >= 0.3 is 5.16 Å². The first-order valence-electron chi connectivity index (χ1n) is 3.65. The molecule has 0 radical (unpaired) electrons. The number of thioether (sulfide) groups is 1. The van der Waals surface area contributed by atoms with Crippen molar-refractivity contribution < 1.29 is 4.57 Å². The van der Waals surface area contributed by atoms with Gasteiger partial charge in [-0.25, -0.2) is 9.13 Å². The Morgan fingerprint density at radius 2 is 1.91 bits per heavy atom. The van der Waals surface area contributed by atoms with Gasteiger partial charge in [0.05, 0.1) is 14.1 Å². The molecule has 3 heteroatoms. The summed E-state index contributed by atoms with van der Waals surface area (Å²) in [6.45, 7) is 4.30. The van der Waals surface area contributed by atoms with E-state index in [-0.39, 0.29) is 0 Å². The summed E-state index contributed by atoms with van der Waals surface area (Å²) in [4.78, 5) is 0. The fourth-order valence-corrected chi connectivity index (χ4v) is 2.09. The summed E-state index contributed by atoms with van der Waals surface area (Å²) in [5.41, 5.74) is 2.69. The summed E-state index contributed by atoms with van der Waals surface area (Å²) >= 11 is 1.78. The third kappa shape index (κ3) is 1.18. The van der Waals surface area contributed by atoms with Crippen LogP contribution in [0.15, 0.2) is 5.16 Å². The Hall–Kier alpha value is -0.440. The molecule has 0 aromatic carbocycles. The van der Waals surface area contributed by atoms with E-state index in [2.05, 4.69) is 43.3 Å². The maximum atomic E-state index is 2.22. The zero-order chi connectivity index (χ0) is 8.59.